The zero-order valence-corrected chi connectivity index (χ0v) is 15.4. The lowest BCUT2D eigenvalue weighted by Crippen LogP contribution is -2.51. The first kappa shape index (κ1) is 17.9. The normalized spacial score (nSPS) is 23.5. The van der Waals surface area contributed by atoms with Crippen LogP contribution < -0.4 is 10.2 Å². The standard InChI is InChI=1S/C18H17F3N4O2S/c19-18(20,21)15(26)11-3-4-12(16-22-5-6-28-16)14-13(11)24-17(27-14)25-7-9-1-2-10(8-25)23-9/h3-6,9-10,15,23,26H,1-2,7-8H2. The van der Waals surface area contributed by atoms with Crippen LogP contribution in [0.5, 0.6) is 0 Å². The molecule has 28 heavy (non-hydrogen) atoms. The van der Waals surface area contributed by atoms with Gasteiger partial charge in [0.25, 0.3) is 6.01 Å². The Morgan fingerprint density at radius 1 is 1.25 bits per heavy atom. The van der Waals surface area contributed by atoms with E-state index in [-0.39, 0.29) is 22.7 Å². The number of oxazole rings is 1. The summed E-state index contributed by atoms with van der Waals surface area (Å²) in [5, 5.41) is 15.8. The van der Waals surface area contributed by atoms with E-state index in [9.17, 15) is 18.3 Å². The van der Waals surface area contributed by atoms with E-state index in [1.54, 1.807) is 11.6 Å². The number of alkyl halides is 3. The van der Waals surface area contributed by atoms with Gasteiger partial charge in [-0.2, -0.15) is 18.2 Å². The number of hydrogen-bond acceptors (Lipinski definition) is 7. The number of aliphatic hydroxyl groups excluding tert-OH is 1. The first-order valence-electron chi connectivity index (χ1n) is 8.99. The van der Waals surface area contributed by atoms with Gasteiger partial charge in [-0.05, 0) is 18.9 Å². The van der Waals surface area contributed by atoms with Crippen molar-refractivity contribution < 1.29 is 22.7 Å². The third-order valence-corrected chi connectivity index (χ3v) is 6.12. The average Bonchev–Trinajstić information content (AvgIpc) is 3.39. The van der Waals surface area contributed by atoms with Gasteiger partial charge in [0.05, 0.1) is 5.56 Å². The highest BCUT2D eigenvalue weighted by Crippen LogP contribution is 2.41. The molecule has 2 bridgehead atoms. The summed E-state index contributed by atoms with van der Waals surface area (Å²) < 4.78 is 45.5. The van der Waals surface area contributed by atoms with Gasteiger partial charge in [-0.15, -0.1) is 11.3 Å². The van der Waals surface area contributed by atoms with Crippen LogP contribution in [0.25, 0.3) is 21.7 Å². The lowest BCUT2D eigenvalue weighted by molar-refractivity contribution is -0.206. The summed E-state index contributed by atoms with van der Waals surface area (Å²) in [6, 6.07) is 3.69. The van der Waals surface area contributed by atoms with E-state index in [0.29, 0.717) is 35.7 Å². The van der Waals surface area contributed by atoms with Crippen LogP contribution in [-0.2, 0) is 0 Å². The summed E-state index contributed by atoms with van der Waals surface area (Å²) in [4.78, 5) is 10.6. The Bertz CT molecular complexity index is 992. The average molecular weight is 410 g/mol. The Morgan fingerprint density at radius 3 is 2.64 bits per heavy atom. The van der Waals surface area contributed by atoms with Crippen molar-refractivity contribution in [3.63, 3.8) is 0 Å². The van der Waals surface area contributed by atoms with Crippen molar-refractivity contribution >= 4 is 28.5 Å². The molecule has 2 aliphatic rings. The molecule has 0 radical (unpaired) electrons. The van der Waals surface area contributed by atoms with Gasteiger partial charge in [-0.1, -0.05) is 6.07 Å². The number of halogens is 3. The second-order valence-corrected chi connectivity index (χ2v) is 8.10. The van der Waals surface area contributed by atoms with E-state index in [4.69, 9.17) is 4.42 Å². The minimum Gasteiger partial charge on any atom is -0.423 e. The van der Waals surface area contributed by atoms with E-state index in [1.807, 2.05) is 4.90 Å². The van der Waals surface area contributed by atoms with Crippen molar-refractivity contribution in [2.75, 3.05) is 18.0 Å². The second kappa shape index (κ2) is 6.43. The van der Waals surface area contributed by atoms with E-state index < -0.39 is 12.3 Å². The third kappa shape index (κ3) is 2.96. The molecule has 6 nitrogen and oxygen atoms in total. The van der Waals surface area contributed by atoms with E-state index in [0.717, 1.165) is 12.8 Å². The molecule has 0 spiro atoms. The van der Waals surface area contributed by atoms with Gasteiger partial charge in [0.15, 0.2) is 11.7 Å². The van der Waals surface area contributed by atoms with Crippen LogP contribution >= 0.6 is 11.3 Å². The molecule has 0 amide bonds. The maximum Gasteiger partial charge on any atom is 0.418 e. The summed E-state index contributed by atoms with van der Waals surface area (Å²) in [6.45, 7) is 1.38. The fraction of sp³-hybridized carbons (Fsp3) is 0.444. The Kier molecular flexibility index (Phi) is 4.11. The number of hydrogen-bond donors (Lipinski definition) is 2. The number of fused-ring (bicyclic) bond motifs is 3. The minimum atomic E-state index is -4.79. The van der Waals surface area contributed by atoms with Crippen LogP contribution in [-0.4, -0.2) is 46.4 Å². The molecule has 2 aromatic heterocycles. The number of benzene rings is 1. The molecule has 10 heteroatoms. The molecular formula is C18H17F3N4O2S. The molecule has 1 aromatic carbocycles. The first-order valence-corrected chi connectivity index (χ1v) is 9.87. The smallest absolute Gasteiger partial charge is 0.418 e. The molecule has 2 fully saturated rings. The van der Waals surface area contributed by atoms with Gasteiger partial charge in [-0.3, -0.25) is 0 Å². The van der Waals surface area contributed by atoms with Crippen molar-refractivity contribution in [1.29, 1.82) is 0 Å². The van der Waals surface area contributed by atoms with Crippen LogP contribution in [0.15, 0.2) is 28.1 Å². The van der Waals surface area contributed by atoms with Crippen LogP contribution in [0.4, 0.5) is 19.2 Å². The summed E-state index contributed by atoms with van der Waals surface area (Å²) in [5.41, 5.74) is 0.505. The van der Waals surface area contributed by atoms with Gasteiger partial charge in [-0.25, -0.2) is 4.98 Å². The summed E-state index contributed by atoms with van der Waals surface area (Å²) >= 11 is 1.36. The second-order valence-electron chi connectivity index (χ2n) is 7.20. The summed E-state index contributed by atoms with van der Waals surface area (Å²) in [5.74, 6) is 0. The van der Waals surface area contributed by atoms with Crippen LogP contribution in [0.2, 0.25) is 0 Å². The van der Waals surface area contributed by atoms with Crippen molar-refractivity contribution in [2.24, 2.45) is 0 Å². The number of rotatable bonds is 3. The number of thiazole rings is 1. The lowest BCUT2D eigenvalue weighted by Gasteiger charge is -2.31. The Hall–Kier alpha value is -2.17. The fourth-order valence-corrected chi connectivity index (χ4v) is 4.69. The number of aliphatic hydroxyl groups is 1. The van der Waals surface area contributed by atoms with Crippen LogP contribution in [0.3, 0.4) is 0 Å². The highest BCUT2D eigenvalue weighted by atomic mass is 32.1. The highest BCUT2D eigenvalue weighted by Gasteiger charge is 2.42. The van der Waals surface area contributed by atoms with E-state index in [2.05, 4.69) is 15.3 Å². The number of nitrogens with zero attached hydrogens (tertiary/aromatic N) is 3. The maximum absolute atomic E-state index is 13.2. The molecule has 148 valence electrons. The van der Waals surface area contributed by atoms with Crippen LogP contribution in [0.1, 0.15) is 24.5 Å². The predicted octanol–water partition coefficient (Wildman–Crippen LogP) is 3.49. The van der Waals surface area contributed by atoms with Gasteiger partial charge in [0.1, 0.15) is 10.5 Å². The molecule has 2 aliphatic heterocycles. The summed E-state index contributed by atoms with van der Waals surface area (Å²) in [6.07, 6.45) is -3.68. The molecule has 2 N–H and O–H groups in total. The quantitative estimate of drug-likeness (QED) is 0.689. The van der Waals surface area contributed by atoms with E-state index >= 15 is 0 Å². The molecule has 0 aliphatic carbocycles. The van der Waals surface area contributed by atoms with Crippen molar-refractivity contribution in [1.82, 2.24) is 15.3 Å². The number of piperazine rings is 1. The molecule has 0 saturated carbocycles. The zero-order chi connectivity index (χ0) is 19.5. The minimum absolute atomic E-state index is 0.0263. The highest BCUT2D eigenvalue weighted by molar-refractivity contribution is 7.13. The van der Waals surface area contributed by atoms with Crippen molar-refractivity contribution in [3.8, 4) is 10.6 Å². The van der Waals surface area contributed by atoms with Crippen LogP contribution in [0, 0.1) is 0 Å². The Balaban J connectivity index is 1.64. The summed E-state index contributed by atoms with van der Waals surface area (Å²) in [7, 11) is 0. The first-order chi connectivity index (χ1) is 13.4. The van der Waals surface area contributed by atoms with Gasteiger partial charge < -0.3 is 19.7 Å². The fourth-order valence-electron chi connectivity index (χ4n) is 4.03. The molecule has 3 unspecified atom stereocenters. The topological polar surface area (TPSA) is 74.4 Å². The largest absolute Gasteiger partial charge is 0.423 e. The number of aromatic nitrogens is 2. The van der Waals surface area contributed by atoms with E-state index in [1.165, 1.54) is 23.5 Å². The van der Waals surface area contributed by atoms with Gasteiger partial charge in [0.2, 0.25) is 0 Å². The Labute approximate surface area is 162 Å². The third-order valence-electron chi connectivity index (χ3n) is 5.32. The van der Waals surface area contributed by atoms with Crippen molar-refractivity contribution in [2.45, 2.75) is 37.2 Å². The van der Waals surface area contributed by atoms with Gasteiger partial charge >= 0.3 is 6.18 Å². The maximum atomic E-state index is 13.2. The SMILES string of the molecule is OC(c1ccc(-c2nccs2)c2oc(N3CC4CCC(C3)N4)nc12)C(F)(F)F. The zero-order valence-electron chi connectivity index (χ0n) is 14.6. The monoisotopic (exact) mass is 410 g/mol. The lowest BCUT2D eigenvalue weighted by atomic mass is 10.0. The Morgan fingerprint density at radius 2 is 2.00 bits per heavy atom. The molecule has 3 atom stereocenters. The number of nitrogens with one attached hydrogen (secondary N) is 1. The van der Waals surface area contributed by atoms with Gasteiger partial charge in [0, 0.05) is 42.3 Å². The number of anilines is 1. The predicted molar refractivity (Wildman–Crippen MR) is 98.3 cm³/mol. The molecule has 4 heterocycles. The molecule has 2 saturated heterocycles. The molecule has 3 aromatic rings. The molecular weight excluding hydrogens is 393 g/mol. The molecule has 5 rings (SSSR count). The van der Waals surface area contributed by atoms with Crippen molar-refractivity contribution in [3.05, 3.63) is 29.3 Å².